The van der Waals surface area contributed by atoms with Gasteiger partial charge in [0.05, 0.1) is 12.6 Å². The van der Waals surface area contributed by atoms with E-state index in [1.165, 1.54) is 0 Å². The van der Waals surface area contributed by atoms with Crippen molar-refractivity contribution in [2.75, 3.05) is 6.61 Å². The second-order valence-electron chi connectivity index (χ2n) is 6.70. The summed E-state index contributed by atoms with van der Waals surface area (Å²) in [6.45, 7) is 8.31. The number of hydrogen-bond donors (Lipinski definition) is 2. The number of benzene rings is 2. The number of carbonyl (C=O) groups is 1. The van der Waals surface area contributed by atoms with Crippen LogP contribution in [0.1, 0.15) is 31.0 Å². The van der Waals surface area contributed by atoms with Gasteiger partial charge >= 0.3 is 6.09 Å². The number of hydrogen-bond acceptors (Lipinski definition) is 2. The fourth-order valence-electron chi connectivity index (χ4n) is 3.17. The summed E-state index contributed by atoms with van der Waals surface area (Å²) >= 11 is 0. The predicted molar refractivity (Wildman–Crippen MR) is 95.1 cm³/mol. The van der Waals surface area contributed by atoms with E-state index in [9.17, 15) is 4.79 Å². The van der Waals surface area contributed by atoms with Gasteiger partial charge in [-0.25, -0.2) is 4.79 Å². The summed E-state index contributed by atoms with van der Waals surface area (Å²) in [5.74, 6) is 0.726. The first-order valence-corrected chi connectivity index (χ1v) is 7.90. The lowest BCUT2D eigenvalue weighted by molar-refractivity contribution is 0.0996. The molecule has 24 heavy (non-hydrogen) atoms. The van der Waals surface area contributed by atoms with Crippen LogP contribution < -0.4 is 10.1 Å². The molecule has 124 valence electrons. The number of ether oxygens (including phenoxy) is 1. The van der Waals surface area contributed by atoms with Gasteiger partial charge in [0.2, 0.25) is 0 Å². The highest BCUT2D eigenvalue weighted by atomic mass is 16.5. The summed E-state index contributed by atoms with van der Waals surface area (Å²) in [7, 11) is 0. The largest absolute Gasteiger partial charge is 0.493 e. The van der Waals surface area contributed by atoms with Gasteiger partial charge in [0.1, 0.15) is 5.75 Å². The molecule has 0 bridgehead atoms. The minimum Gasteiger partial charge on any atom is -0.493 e. The topological polar surface area (TPSA) is 58.6 Å². The highest BCUT2D eigenvalue weighted by Gasteiger charge is 2.38. The van der Waals surface area contributed by atoms with E-state index in [0.717, 1.165) is 28.0 Å². The highest BCUT2D eigenvalue weighted by Crippen LogP contribution is 2.44. The third kappa shape index (κ3) is 2.87. The van der Waals surface area contributed by atoms with Crippen LogP contribution in [0.4, 0.5) is 4.79 Å². The monoisotopic (exact) mass is 323 g/mol. The van der Waals surface area contributed by atoms with Gasteiger partial charge in [-0.15, -0.1) is 0 Å². The van der Waals surface area contributed by atoms with E-state index < -0.39 is 6.09 Å². The molecule has 0 saturated carbocycles. The van der Waals surface area contributed by atoms with Crippen LogP contribution in [0.3, 0.4) is 0 Å². The Bertz CT molecular complexity index is 795. The lowest BCUT2D eigenvalue weighted by Gasteiger charge is -2.39. The van der Waals surface area contributed by atoms with Crippen molar-refractivity contribution in [1.29, 1.82) is 0 Å². The summed E-state index contributed by atoms with van der Waals surface area (Å²) in [6.07, 6.45) is 0.801. The average molecular weight is 323 g/mol. The minimum atomic E-state index is -1.03. The normalized spacial score (nSPS) is 18.2. The smallest absolute Gasteiger partial charge is 0.405 e. The molecule has 1 atom stereocenters. The van der Waals surface area contributed by atoms with Crippen LogP contribution in [0, 0.1) is 5.41 Å². The number of amides is 1. The van der Waals surface area contributed by atoms with Crippen molar-refractivity contribution in [2.45, 2.75) is 19.9 Å². The second-order valence-corrected chi connectivity index (χ2v) is 6.70. The van der Waals surface area contributed by atoms with Crippen LogP contribution >= 0.6 is 0 Å². The Morgan fingerprint density at radius 3 is 2.79 bits per heavy atom. The molecular formula is C20H21NO3. The molecule has 1 aliphatic heterocycles. The zero-order chi connectivity index (χ0) is 17.3. The maximum absolute atomic E-state index is 11.2. The molecule has 0 aromatic heterocycles. The Morgan fingerprint density at radius 1 is 1.33 bits per heavy atom. The molecule has 4 heteroatoms. The van der Waals surface area contributed by atoms with E-state index in [4.69, 9.17) is 9.84 Å². The molecule has 0 radical (unpaired) electrons. The van der Waals surface area contributed by atoms with E-state index in [0.29, 0.717) is 6.61 Å². The Balaban J connectivity index is 2.06. The summed E-state index contributed by atoms with van der Waals surface area (Å²) in [6, 6.07) is 13.6. The molecular weight excluding hydrogens is 302 g/mol. The molecule has 1 unspecified atom stereocenters. The van der Waals surface area contributed by atoms with Crippen LogP contribution in [-0.4, -0.2) is 17.8 Å². The van der Waals surface area contributed by atoms with Gasteiger partial charge < -0.3 is 15.2 Å². The molecule has 1 amide bonds. The van der Waals surface area contributed by atoms with Crippen LogP contribution in [0.25, 0.3) is 17.2 Å². The van der Waals surface area contributed by atoms with Gasteiger partial charge in [-0.1, -0.05) is 62.9 Å². The number of carboxylic acid groups (broad SMARTS) is 1. The zero-order valence-electron chi connectivity index (χ0n) is 13.9. The van der Waals surface area contributed by atoms with Crippen molar-refractivity contribution in [3.05, 3.63) is 60.2 Å². The molecule has 0 aliphatic carbocycles. The summed E-state index contributed by atoms with van der Waals surface area (Å²) in [5, 5.41) is 11.8. The third-order valence-corrected chi connectivity index (χ3v) is 4.47. The molecule has 2 aromatic carbocycles. The zero-order valence-corrected chi connectivity index (χ0v) is 13.9. The standard InChI is InChI=1S/C20H21NO3/c1-4-13-7-5-6-8-15(13)14-9-10-16-17(11-14)24-12-20(2,3)18(16)21-19(22)23/h4-11,18,21H,1,12H2,2-3H3,(H,22,23). The van der Waals surface area contributed by atoms with Crippen LogP contribution in [-0.2, 0) is 0 Å². The Kier molecular flexibility index (Phi) is 4.06. The fourth-order valence-corrected chi connectivity index (χ4v) is 3.17. The maximum atomic E-state index is 11.2. The van der Waals surface area contributed by atoms with Crippen molar-refractivity contribution in [3.63, 3.8) is 0 Å². The van der Waals surface area contributed by atoms with E-state index in [-0.39, 0.29) is 11.5 Å². The molecule has 0 saturated heterocycles. The average Bonchev–Trinajstić information content (AvgIpc) is 2.57. The quantitative estimate of drug-likeness (QED) is 0.859. The predicted octanol–water partition coefficient (Wildman–Crippen LogP) is 4.72. The third-order valence-electron chi connectivity index (χ3n) is 4.47. The van der Waals surface area contributed by atoms with E-state index >= 15 is 0 Å². The molecule has 4 nitrogen and oxygen atoms in total. The first-order valence-electron chi connectivity index (χ1n) is 7.90. The van der Waals surface area contributed by atoms with Gasteiger partial charge in [0.25, 0.3) is 0 Å². The van der Waals surface area contributed by atoms with Gasteiger partial charge in [-0.05, 0) is 22.8 Å². The molecule has 2 N–H and O–H groups in total. The molecule has 1 aliphatic rings. The summed E-state index contributed by atoms with van der Waals surface area (Å²) in [5.41, 5.74) is 3.71. The Hall–Kier alpha value is -2.75. The minimum absolute atomic E-state index is 0.303. The van der Waals surface area contributed by atoms with E-state index in [1.807, 2.05) is 62.4 Å². The lowest BCUT2D eigenvalue weighted by atomic mass is 9.78. The molecule has 0 fully saturated rings. The van der Waals surface area contributed by atoms with Crippen molar-refractivity contribution in [1.82, 2.24) is 5.32 Å². The van der Waals surface area contributed by atoms with Crippen molar-refractivity contribution < 1.29 is 14.6 Å². The van der Waals surface area contributed by atoms with Gasteiger partial charge in [0, 0.05) is 11.0 Å². The van der Waals surface area contributed by atoms with Gasteiger partial charge in [0.15, 0.2) is 0 Å². The first kappa shape index (κ1) is 16.1. The van der Waals surface area contributed by atoms with Crippen LogP contribution in [0.15, 0.2) is 49.0 Å². The number of nitrogens with one attached hydrogen (secondary N) is 1. The van der Waals surface area contributed by atoms with Crippen LogP contribution in [0.5, 0.6) is 5.75 Å². The second kappa shape index (κ2) is 6.04. The number of rotatable bonds is 3. The maximum Gasteiger partial charge on any atom is 0.405 e. The molecule has 2 aromatic rings. The van der Waals surface area contributed by atoms with Crippen LogP contribution in [0.2, 0.25) is 0 Å². The van der Waals surface area contributed by atoms with Crippen molar-refractivity contribution in [3.8, 4) is 16.9 Å². The summed E-state index contributed by atoms with van der Waals surface area (Å²) in [4.78, 5) is 11.2. The number of fused-ring (bicyclic) bond motifs is 1. The van der Waals surface area contributed by atoms with Crippen molar-refractivity contribution >= 4 is 12.2 Å². The van der Waals surface area contributed by atoms with Gasteiger partial charge in [-0.2, -0.15) is 0 Å². The van der Waals surface area contributed by atoms with E-state index in [1.54, 1.807) is 0 Å². The fraction of sp³-hybridized carbons (Fsp3) is 0.250. The SMILES string of the molecule is C=Cc1ccccc1-c1ccc2c(c1)OCC(C)(C)C2NC(=O)O. The van der Waals surface area contributed by atoms with Gasteiger partial charge in [-0.3, -0.25) is 0 Å². The van der Waals surface area contributed by atoms with Crippen molar-refractivity contribution in [2.24, 2.45) is 5.41 Å². The molecule has 0 spiro atoms. The summed E-state index contributed by atoms with van der Waals surface area (Å²) < 4.78 is 5.93. The van der Waals surface area contributed by atoms with E-state index in [2.05, 4.69) is 11.9 Å². The Labute approximate surface area is 141 Å². The molecule has 3 rings (SSSR count). The first-order chi connectivity index (χ1) is 11.4. The lowest BCUT2D eigenvalue weighted by Crippen LogP contribution is -2.43. The Morgan fingerprint density at radius 2 is 2.08 bits per heavy atom. The molecule has 1 heterocycles. The highest BCUT2D eigenvalue weighted by molar-refractivity contribution is 5.76.